The van der Waals surface area contributed by atoms with Gasteiger partial charge < -0.3 is 14.4 Å². The molecule has 0 atom stereocenters. The highest BCUT2D eigenvalue weighted by Crippen LogP contribution is 2.22. The monoisotopic (exact) mass is 329 g/mol. The molecular weight excluding hydrogens is 315 g/mol. The maximum atomic E-state index is 12.8. The maximum absolute atomic E-state index is 12.8. The SMILES string of the molecule is CCOC(=O)c1cn(CC(F)(F)F)c2cc(CO)ccc2c1=O. The number of nitrogens with zero attached hydrogens (tertiary/aromatic N) is 1. The zero-order chi connectivity index (χ0) is 17.2. The highest BCUT2D eigenvalue weighted by Gasteiger charge is 2.29. The molecule has 0 radical (unpaired) electrons. The van der Waals surface area contributed by atoms with Crippen LogP contribution in [0.15, 0.2) is 29.2 Å². The highest BCUT2D eigenvalue weighted by atomic mass is 19.4. The number of halogens is 3. The third kappa shape index (κ3) is 3.70. The molecule has 2 rings (SSSR count). The molecule has 0 amide bonds. The van der Waals surface area contributed by atoms with Gasteiger partial charge in [-0.3, -0.25) is 4.79 Å². The van der Waals surface area contributed by atoms with E-state index < -0.39 is 29.7 Å². The third-order valence-electron chi connectivity index (χ3n) is 3.17. The third-order valence-corrected chi connectivity index (χ3v) is 3.17. The number of carbonyl (C=O) groups excluding carboxylic acids is 1. The average molecular weight is 329 g/mol. The molecule has 0 fully saturated rings. The number of carbonyl (C=O) groups is 1. The lowest BCUT2D eigenvalue weighted by Crippen LogP contribution is -2.25. The van der Waals surface area contributed by atoms with Crippen LogP contribution in [0, 0.1) is 0 Å². The molecular formula is C15H14F3NO4. The quantitative estimate of drug-likeness (QED) is 0.874. The lowest BCUT2D eigenvalue weighted by molar-refractivity contribution is -0.140. The van der Waals surface area contributed by atoms with E-state index in [9.17, 15) is 22.8 Å². The van der Waals surface area contributed by atoms with Crippen molar-refractivity contribution in [3.05, 3.63) is 45.7 Å². The number of pyridine rings is 1. The Morgan fingerprint density at radius 1 is 1.35 bits per heavy atom. The van der Waals surface area contributed by atoms with Crippen LogP contribution >= 0.6 is 0 Å². The van der Waals surface area contributed by atoms with Gasteiger partial charge in [0.2, 0.25) is 5.43 Å². The molecule has 124 valence electrons. The number of rotatable bonds is 4. The first-order valence-corrected chi connectivity index (χ1v) is 6.77. The summed E-state index contributed by atoms with van der Waals surface area (Å²) in [6.07, 6.45) is -3.69. The Labute approximate surface area is 128 Å². The largest absolute Gasteiger partial charge is 0.462 e. The summed E-state index contributed by atoms with van der Waals surface area (Å²) in [6, 6.07) is 3.99. The first-order valence-electron chi connectivity index (χ1n) is 6.77. The van der Waals surface area contributed by atoms with E-state index >= 15 is 0 Å². The number of benzene rings is 1. The molecule has 8 heteroatoms. The van der Waals surface area contributed by atoms with E-state index in [1.165, 1.54) is 25.1 Å². The second-order valence-corrected chi connectivity index (χ2v) is 4.85. The number of esters is 1. The normalized spacial score (nSPS) is 11.7. The Hall–Kier alpha value is -2.35. The molecule has 0 aliphatic rings. The zero-order valence-corrected chi connectivity index (χ0v) is 12.2. The van der Waals surface area contributed by atoms with E-state index in [0.717, 1.165) is 10.8 Å². The molecule has 5 nitrogen and oxygen atoms in total. The van der Waals surface area contributed by atoms with Gasteiger partial charge >= 0.3 is 12.1 Å². The van der Waals surface area contributed by atoms with Gasteiger partial charge in [-0.05, 0) is 24.6 Å². The van der Waals surface area contributed by atoms with Crippen LogP contribution in [0.25, 0.3) is 10.9 Å². The summed E-state index contributed by atoms with van der Waals surface area (Å²) >= 11 is 0. The van der Waals surface area contributed by atoms with Gasteiger partial charge in [-0.25, -0.2) is 4.79 Å². The van der Waals surface area contributed by atoms with Crippen molar-refractivity contribution in [3.8, 4) is 0 Å². The van der Waals surface area contributed by atoms with Crippen molar-refractivity contribution < 1.29 is 27.8 Å². The molecule has 0 saturated heterocycles. The molecule has 1 N–H and O–H groups in total. The van der Waals surface area contributed by atoms with Crippen molar-refractivity contribution in [2.45, 2.75) is 26.3 Å². The van der Waals surface area contributed by atoms with Crippen LogP contribution in [0.2, 0.25) is 0 Å². The number of hydrogen-bond acceptors (Lipinski definition) is 4. The fraction of sp³-hybridized carbons (Fsp3) is 0.333. The zero-order valence-electron chi connectivity index (χ0n) is 12.2. The standard InChI is InChI=1S/C15H14F3NO4/c1-2-23-14(22)11-6-19(8-15(16,17)18)12-5-9(7-20)3-4-10(12)13(11)21/h3-6,20H,2,7-8H2,1H3. The summed E-state index contributed by atoms with van der Waals surface area (Å²) in [6.45, 7) is -0.222. The van der Waals surface area contributed by atoms with Crippen LogP contribution < -0.4 is 5.43 Å². The highest BCUT2D eigenvalue weighted by molar-refractivity contribution is 5.93. The van der Waals surface area contributed by atoms with Crippen LogP contribution in [0.4, 0.5) is 13.2 Å². The van der Waals surface area contributed by atoms with Gasteiger partial charge in [0.25, 0.3) is 0 Å². The molecule has 1 heterocycles. The summed E-state index contributed by atoms with van der Waals surface area (Å²) in [4.78, 5) is 24.1. The molecule has 1 aromatic carbocycles. The topological polar surface area (TPSA) is 68.5 Å². The molecule has 2 aromatic rings. The van der Waals surface area contributed by atoms with Crippen LogP contribution in [0.3, 0.4) is 0 Å². The van der Waals surface area contributed by atoms with Crippen molar-refractivity contribution in [3.63, 3.8) is 0 Å². The van der Waals surface area contributed by atoms with E-state index in [4.69, 9.17) is 9.84 Å². The summed E-state index contributed by atoms with van der Waals surface area (Å²) in [5.74, 6) is -0.971. The maximum Gasteiger partial charge on any atom is 0.406 e. The number of alkyl halides is 3. The van der Waals surface area contributed by atoms with Gasteiger partial charge in [0.1, 0.15) is 12.1 Å². The lowest BCUT2D eigenvalue weighted by atomic mass is 10.1. The Balaban J connectivity index is 2.74. The van der Waals surface area contributed by atoms with E-state index in [1.807, 2.05) is 0 Å². The Morgan fingerprint density at radius 3 is 2.61 bits per heavy atom. The minimum absolute atomic E-state index is 0.000961. The molecule has 0 aliphatic carbocycles. The fourth-order valence-corrected chi connectivity index (χ4v) is 2.21. The van der Waals surface area contributed by atoms with Crippen LogP contribution in [-0.2, 0) is 17.9 Å². The second kappa shape index (κ2) is 6.41. The number of hydrogen-bond donors (Lipinski definition) is 1. The molecule has 1 aromatic heterocycles. The minimum Gasteiger partial charge on any atom is -0.462 e. The van der Waals surface area contributed by atoms with E-state index in [2.05, 4.69) is 0 Å². The van der Waals surface area contributed by atoms with Gasteiger partial charge in [-0.15, -0.1) is 0 Å². The predicted octanol–water partition coefficient (Wildman–Crippen LogP) is 2.23. The van der Waals surface area contributed by atoms with Gasteiger partial charge in [0.15, 0.2) is 0 Å². The van der Waals surface area contributed by atoms with Crippen molar-refractivity contribution >= 4 is 16.9 Å². The summed E-state index contributed by atoms with van der Waals surface area (Å²) < 4.78 is 43.8. The first kappa shape index (κ1) is 17.0. The fourth-order valence-electron chi connectivity index (χ4n) is 2.21. The first-order chi connectivity index (χ1) is 10.8. The number of ether oxygens (including phenoxy) is 1. The number of fused-ring (bicyclic) bond motifs is 1. The van der Waals surface area contributed by atoms with Crippen molar-refractivity contribution in [1.82, 2.24) is 4.57 Å². The van der Waals surface area contributed by atoms with Gasteiger partial charge in [0.05, 0.1) is 18.7 Å². The molecule has 0 bridgehead atoms. The van der Waals surface area contributed by atoms with E-state index in [0.29, 0.717) is 5.56 Å². The second-order valence-electron chi connectivity index (χ2n) is 4.85. The lowest BCUT2D eigenvalue weighted by Gasteiger charge is -2.15. The van der Waals surface area contributed by atoms with Crippen LogP contribution in [-0.4, -0.2) is 28.4 Å². The Bertz CT molecular complexity index is 796. The van der Waals surface area contributed by atoms with Crippen molar-refractivity contribution in [2.24, 2.45) is 0 Å². The van der Waals surface area contributed by atoms with E-state index in [1.54, 1.807) is 0 Å². The summed E-state index contributed by atoms with van der Waals surface area (Å²) in [5.41, 5.74) is -0.814. The van der Waals surface area contributed by atoms with Crippen LogP contribution in [0.1, 0.15) is 22.8 Å². The van der Waals surface area contributed by atoms with Crippen LogP contribution in [0.5, 0.6) is 0 Å². The molecule has 0 saturated carbocycles. The molecule has 0 spiro atoms. The smallest absolute Gasteiger partial charge is 0.406 e. The van der Waals surface area contributed by atoms with Crippen molar-refractivity contribution in [1.29, 1.82) is 0 Å². The molecule has 0 aliphatic heterocycles. The summed E-state index contributed by atoms with van der Waals surface area (Å²) in [5, 5.41) is 9.07. The minimum atomic E-state index is -4.54. The van der Waals surface area contributed by atoms with Gasteiger partial charge in [-0.1, -0.05) is 6.07 Å². The number of aliphatic hydroxyl groups is 1. The summed E-state index contributed by atoms with van der Waals surface area (Å²) in [7, 11) is 0. The average Bonchev–Trinajstić information content (AvgIpc) is 2.48. The van der Waals surface area contributed by atoms with Crippen molar-refractivity contribution in [2.75, 3.05) is 6.61 Å². The Morgan fingerprint density at radius 2 is 2.04 bits per heavy atom. The predicted molar refractivity (Wildman–Crippen MR) is 76.1 cm³/mol. The number of aromatic nitrogens is 1. The number of aliphatic hydroxyl groups excluding tert-OH is 1. The van der Waals surface area contributed by atoms with Gasteiger partial charge in [-0.2, -0.15) is 13.2 Å². The van der Waals surface area contributed by atoms with E-state index in [-0.39, 0.29) is 24.1 Å². The molecule has 23 heavy (non-hydrogen) atoms. The molecule has 0 unspecified atom stereocenters. The Kier molecular flexibility index (Phi) is 4.74. The van der Waals surface area contributed by atoms with Gasteiger partial charge in [0, 0.05) is 11.6 Å².